The third kappa shape index (κ3) is 11.7. The van der Waals surface area contributed by atoms with E-state index in [-0.39, 0.29) is 80.3 Å². The molecule has 0 radical (unpaired) electrons. The first-order chi connectivity index (χ1) is 35.3. The summed E-state index contributed by atoms with van der Waals surface area (Å²) in [5, 5.41) is 19.7. The number of benzene rings is 6. The van der Waals surface area contributed by atoms with Gasteiger partial charge in [0.1, 0.15) is 0 Å². The van der Waals surface area contributed by atoms with Gasteiger partial charge >= 0.3 is 0 Å². The molecule has 368 valence electrons. The molecule has 0 atom stereocenters. The number of hydrogen-bond donors (Lipinski definition) is 9. The molecule has 0 saturated heterocycles. The Labute approximate surface area is 420 Å². The number of rotatable bonds is 18. The van der Waals surface area contributed by atoms with Gasteiger partial charge in [0.25, 0.3) is 0 Å². The van der Waals surface area contributed by atoms with E-state index in [1.54, 1.807) is 36.4 Å². The molecule has 0 aliphatic heterocycles. The predicted octanol–water partition coefficient (Wildman–Crippen LogP) is 8.13. The zero-order valence-electron chi connectivity index (χ0n) is 40.6. The van der Waals surface area contributed by atoms with Crippen molar-refractivity contribution in [1.29, 1.82) is 0 Å². The average molecular weight is 974 g/mol. The first-order valence-corrected chi connectivity index (χ1v) is 24.0. The van der Waals surface area contributed by atoms with Crippen molar-refractivity contribution >= 4 is 85.2 Å². The van der Waals surface area contributed by atoms with Gasteiger partial charge in [-0.05, 0) is 109 Å². The van der Waals surface area contributed by atoms with E-state index in [2.05, 4.69) is 46.9 Å². The van der Waals surface area contributed by atoms with Crippen LogP contribution in [0.25, 0.3) is 32.7 Å². The monoisotopic (exact) mass is 973 g/mol. The fourth-order valence-corrected chi connectivity index (χ4v) is 9.36. The number of aromatic nitrogens is 3. The smallest absolute Gasteiger partial charge is 0.243 e. The second kappa shape index (κ2) is 21.8. The van der Waals surface area contributed by atoms with Gasteiger partial charge in [-0.1, -0.05) is 91.0 Å². The van der Waals surface area contributed by atoms with Crippen molar-refractivity contribution in [1.82, 2.24) is 30.9 Å². The summed E-state index contributed by atoms with van der Waals surface area (Å²) in [6.45, 7) is 5.16. The van der Waals surface area contributed by atoms with Crippen LogP contribution in [0.1, 0.15) is 56.4 Å². The highest BCUT2D eigenvalue weighted by molar-refractivity contribution is 5.98. The molecule has 0 saturated carbocycles. The minimum absolute atomic E-state index is 0.135. The Hall–Kier alpha value is -9.24. The minimum Gasteiger partial charge on any atom is -0.358 e. The van der Waals surface area contributed by atoms with Crippen LogP contribution in [0.15, 0.2) is 146 Å². The Balaban J connectivity index is 0.840. The SMILES string of the molecule is Cc1[nH]c2ccccc2c1CC(=O)NCC(=O)Nc1ccc(C(c2ccc(NC(=O)CNC(=O)Cc3c(C)[nH]c4ccccc34)cc2)c2ccc(NC(=O)CNC(=O)Cc3c(C)[nH]c4ccccc34)cc2)cc1. The highest BCUT2D eigenvalue weighted by atomic mass is 16.2. The van der Waals surface area contributed by atoms with E-state index in [4.69, 9.17) is 0 Å². The van der Waals surface area contributed by atoms with Gasteiger partial charge in [-0.25, -0.2) is 0 Å². The molecule has 15 nitrogen and oxygen atoms in total. The van der Waals surface area contributed by atoms with Gasteiger partial charge in [-0.3, -0.25) is 28.8 Å². The number of aromatic amines is 3. The lowest BCUT2D eigenvalue weighted by molar-refractivity contribution is -0.123. The van der Waals surface area contributed by atoms with Gasteiger partial charge in [0, 0.05) is 72.8 Å². The molecule has 0 fully saturated rings. The summed E-state index contributed by atoms with van der Waals surface area (Å²) < 4.78 is 0. The van der Waals surface area contributed by atoms with Gasteiger partial charge in [-0.15, -0.1) is 0 Å². The third-order valence-corrected chi connectivity index (χ3v) is 13.0. The second-order valence-corrected chi connectivity index (χ2v) is 18.1. The van der Waals surface area contributed by atoms with Crippen LogP contribution in [0.3, 0.4) is 0 Å². The summed E-state index contributed by atoms with van der Waals surface area (Å²) in [6.07, 6.45) is 0.405. The molecule has 6 amide bonds. The van der Waals surface area contributed by atoms with Crippen LogP contribution in [-0.4, -0.2) is 70.0 Å². The van der Waals surface area contributed by atoms with Gasteiger partial charge in [0.05, 0.1) is 38.9 Å². The molecule has 0 unspecified atom stereocenters. The summed E-state index contributed by atoms with van der Waals surface area (Å²) in [5.41, 5.74) is 12.5. The van der Waals surface area contributed by atoms with Gasteiger partial charge in [0.15, 0.2) is 0 Å². The van der Waals surface area contributed by atoms with E-state index in [9.17, 15) is 28.8 Å². The minimum atomic E-state index is -0.378. The molecule has 15 heteroatoms. The van der Waals surface area contributed by atoms with Crippen molar-refractivity contribution in [2.75, 3.05) is 35.6 Å². The number of anilines is 3. The van der Waals surface area contributed by atoms with Crippen molar-refractivity contribution in [2.24, 2.45) is 0 Å². The Morgan fingerprint density at radius 3 is 0.890 bits per heavy atom. The Morgan fingerprint density at radius 2 is 0.616 bits per heavy atom. The molecule has 6 aromatic carbocycles. The van der Waals surface area contributed by atoms with Crippen LogP contribution >= 0.6 is 0 Å². The number of amides is 6. The standard InChI is InChI=1S/C58H55N9O6/c1-34-46(43-10-4-7-13-49(43)62-34)28-52(68)59-31-55(71)65-40-22-16-37(17-23-40)58(38-18-24-41(25-19-38)66-56(72)32-60-53(69)29-47-35(2)63-50-14-8-5-11-44(47)50)39-20-26-42(27-21-39)67-57(73)33-61-54(70)30-48-36(3)64-51-15-9-6-12-45(48)51/h4-27,58,62-64H,28-33H2,1-3H3,(H,59,68)(H,60,69)(H,61,70)(H,65,71)(H,66,72)(H,67,73). The molecule has 0 aliphatic rings. The van der Waals surface area contributed by atoms with Crippen LogP contribution in [0.4, 0.5) is 17.1 Å². The molecule has 3 heterocycles. The van der Waals surface area contributed by atoms with Crippen LogP contribution in [0.5, 0.6) is 0 Å². The van der Waals surface area contributed by atoms with Crippen molar-refractivity contribution < 1.29 is 28.8 Å². The molecule has 9 rings (SSSR count). The molecule has 0 bridgehead atoms. The number of para-hydroxylation sites is 3. The lowest BCUT2D eigenvalue weighted by atomic mass is 9.85. The first kappa shape index (κ1) is 48.8. The number of nitrogens with one attached hydrogen (secondary N) is 9. The van der Waals surface area contributed by atoms with Crippen molar-refractivity contribution in [3.63, 3.8) is 0 Å². The molecular formula is C58H55N9O6. The van der Waals surface area contributed by atoms with Crippen LogP contribution < -0.4 is 31.9 Å². The van der Waals surface area contributed by atoms with Gasteiger partial charge in [0.2, 0.25) is 35.4 Å². The number of hydrogen-bond acceptors (Lipinski definition) is 6. The van der Waals surface area contributed by atoms with E-state index < -0.39 is 0 Å². The summed E-state index contributed by atoms with van der Waals surface area (Å²) in [7, 11) is 0. The Kier molecular flexibility index (Phi) is 14.6. The largest absolute Gasteiger partial charge is 0.358 e. The van der Waals surface area contributed by atoms with E-state index in [1.165, 1.54) is 0 Å². The zero-order valence-corrected chi connectivity index (χ0v) is 40.6. The third-order valence-electron chi connectivity index (χ3n) is 13.0. The second-order valence-electron chi connectivity index (χ2n) is 18.1. The highest BCUT2D eigenvalue weighted by Gasteiger charge is 2.20. The van der Waals surface area contributed by atoms with E-state index in [0.29, 0.717) is 17.1 Å². The molecule has 9 aromatic rings. The van der Waals surface area contributed by atoms with Crippen LogP contribution in [-0.2, 0) is 48.0 Å². The van der Waals surface area contributed by atoms with E-state index in [0.717, 1.165) is 83.2 Å². The number of H-pyrrole nitrogens is 3. The molecule has 0 spiro atoms. The topological polar surface area (TPSA) is 222 Å². The Morgan fingerprint density at radius 1 is 0.356 bits per heavy atom. The van der Waals surface area contributed by atoms with Crippen LogP contribution in [0, 0.1) is 20.8 Å². The lowest BCUT2D eigenvalue weighted by Crippen LogP contribution is -2.33. The normalized spacial score (nSPS) is 11.2. The van der Waals surface area contributed by atoms with Gasteiger partial charge in [-0.2, -0.15) is 0 Å². The van der Waals surface area contributed by atoms with E-state index >= 15 is 0 Å². The molecular weight excluding hydrogens is 919 g/mol. The summed E-state index contributed by atoms with van der Waals surface area (Å²) in [4.78, 5) is 87.7. The summed E-state index contributed by atoms with van der Waals surface area (Å²) >= 11 is 0. The number of aryl methyl sites for hydroxylation is 3. The quantitative estimate of drug-likeness (QED) is 0.0386. The molecule has 0 aliphatic carbocycles. The molecule has 73 heavy (non-hydrogen) atoms. The molecule has 3 aromatic heterocycles. The predicted molar refractivity (Wildman–Crippen MR) is 285 cm³/mol. The number of carbonyl (C=O) groups excluding carboxylic acids is 6. The maximum atomic E-state index is 13.0. The van der Waals surface area contributed by atoms with Crippen LogP contribution in [0.2, 0.25) is 0 Å². The highest BCUT2D eigenvalue weighted by Crippen LogP contribution is 2.34. The fraction of sp³-hybridized carbons (Fsp3) is 0.172. The van der Waals surface area contributed by atoms with E-state index in [1.807, 2.05) is 130 Å². The lowest BCUT2D eigenvalue weighted by Gasteiger charge is -2.20. The van der Waals surface area contributed by atoms with Crippen molar-refractivity contribution in [3.05, 3.63) is 196 Å². The maximum Gasteiger partial charge on any atom is 0.243 e. The summed E-state index contributed by atoms with van der Waals surface area (Å²) in [6, 6.07) is 45.6. The van der Waals surface area contributed by atoms with Crippen molar-refractivity contribution in [3.8, 4) is 0 Å². The Bertz CT molecular complexity index is 3150. The number of carbonyl (C=O) groups is 6. The zero-order chi connectivity index (χ0) is 51.0. The van der Waals surface area contributed by atoms with Gasteiger partial charge < -0.3 is 46.9 Å². The molecule has 9 N–H and O–H groups in total. The first-order valence-electron chi connectivity index (χ1n) is 24.0. The summed E-state index contributed by atoms with van der Waals surface area (Å²) in [5.74, 6) is -2.27. The average Bonchev–Trinajstić information content (AvgIpc) is 4.00. The fourth-order valence-electron chi connectivity index (χ4n) is 9.36. The van der Waals surface area contributed by atoms with Crippen molar-refractivity contribution in [2.45, 2.75) is 46.0 Å². The number of fused-ring (bicyclic) bond motifs is 3. The maximum absolute atomic E-state index is 13.0.